The summed E-state index contributed by atoms with van der Waals surface area (Å²) < 4.78 is 48.5. The Morgan fingerprint density at radius 3 is 2.64 bits per heavy atom. The van der Waals surface area contributed by atoms with E-state index in [2.05, 4.69) is 35.3 Å². The first-order chi connectivity index (χ1) is 21.8. The highest BCUT2D eigenvalue weighted by molar-refractivity contribution is 6.04. The number of fused-ring (bicyclic) bond motifs is 2. The van der Waals surface area contributed by atoms with Gasteiger partial charge in [0, 0.05) is 37.7 Å². The Balaban J connectivity index is 1.12. The molecule has 2 aromatic carbocycles. The van der Waals surface area contributed by atoms with Gasteiger partial charge in [0.1, 0.15) is 42.4 Å². The molecular formula is C31H31F2N9O3. The lowest BCUT2D eigenvalue weighted by molar-refractivity contribution is 0.0117. The van der Waals surface area contributed by atoms with E-state index in [9.17, 15) is 8.78 Å². The van der Waals surface area contributed by atoms with Crippen LogP contribution in [0.15, 0.2) is 55.4 Å². The fourth-order valence-electron chi connectivity index (χ4n) is 6.63. The second-order valence-electron chi connectivity index (χ2n) is 12.1. The molecule has 6 heterocycles. The van der Waals surface area contributed by atoms with Crippen molar-refractivity contribution in [1.82, 2.24) is 34.4 Å². The van der Waals surface area contributed by atoms with Crippen LogP contribution in [0, 0.1) is 6.92 Å². The Morgan fingerprint density at radius 1 is 1.00 bits per heavy atom. The predicted octanol–water partition coefficient (Wildman–Crippen LogP) is 4.61. The molecule has 3 fully saturated rings. The molecule has 14 heteroatoms. The predicted molar refractivity (Wildman–Crippen MR) is 162 cm³/mol. The number of likely N-dealkylation sites (N-methyl/N-ethyl adjacent to an activating group) is 1. The number of nitrogens with one attached hydrogen (secondary N) is 1. The van der Waals surface area contributed by atoms with Crippen molar-refractivity contribution in [2.24, 2.45) is 0 Å². The van der Waals surface area contributed by atoms with Gasteiger partial charge in [0.25, 0.3) is 5.92 Å². The van der Waals surface area contributed by atoms with Gasteiger partial charge in [0.2, 0.25) is 5.88 Å². The summed E-state index contributed by atoms with van der Waals surface area (Å²) in [5.41, 5.74) is 3.22. The molecule has 1 N–H and O–H groups in total. The first kappa shape index (κ1) is 27.8. The summed E-state index contributed by atoms with van der Waals surface area (Å²) in [7, 11) is 1.78. The second kappa shape index (κ2) is 10.4. The lowest BCUT2D eigenvalue weighted by atomic mass is 9.85. The molecule has 8 rings (SSSR count). The van der Waals surface area contributed by atoms with Crippen molar-refractivity contribution in [2.45, 2.75) is 37.3 Å². The molecule has 45 heavy (non-hydrogen) atoms. The van der Waals surface area contributed by atoms with Crippen molar-refractivity contribution in [2.75, 3.05) is 50.1 Å². The highest BCUT2D eigenvalue weighted by atomic mass is 19.3. The maximum atomic E-state index is 14.4. The van der Waals surface area contributed by atoms with Gasteiger partial charge in [-0.3, -0.25) is 4.90 Å². The normalized spacial score (nSPS) is 20.6. The van der Waals surface area contributed by atoms with Crippen molar-refractivity contribution in [3.8, 4) is 17.4 Å². The van der Waals surface area contributed by atoms with E-state index in [0.717, 1.165) is 34.3 Å². The lowest BCUT2D eigenvalue weighted by Gasteiger charge is -2.53. The molecule has 0 saturated carbocycles. The summed E-state index contributed by atoms with van der Waals surface area (Å²) in [6, 6.07) is 11.3. The quantitative estimate of drug-likeness (QED) is 0.277. The van der Waals surface area contributed by atoms with E-state index in [1.165, 1.54) is 12.7 Å². The van der Waals surface area contributed by atoms with Crippen LogP contribution < -0.4 is 19.7 Å². The number of likely N-dealkylation sites (tertiary alicyclic amines) is 1. The number of hydrogen-bond acceptors (Lipinski definition) is 11. The Morgan fingerprint density at radius 2 is 1.87 bits per heavy atom. The summed E-state index contributed by atoms with van der Waals surface area (Å²) >= 11 is 0. The molecule has 3 aliphatic rings. The fraction of sp³-hybridized carbons (Fsp3) is 0.387. The average Bonchev–Trinajstić information content (AvgIpc) is 3.73. The Labute approximate surface area is 257 Å². The van der Waals surface area contributed by atoms with E-state index in [0.29, 0.717) is 55.1 Å². The molecule has 3 saturated heterocycles. The lowest BCUT2D eigenvalue weighted by Crippen LogP contribution is -2.67. The van der Waals surface area contributed by atoms with Gasteiger partial charge in [0.05, 0.1) is 41.9 Å². The van der Waals surface area contributed by atoms with Crippen LogP contribution in [-0.2, 0) is 4.74 Å². The smallest absolute Gasteiger partial charge is 0.262 e. The molecule has 12 nitrogen and oxygen atoms in total. The summed E-state index contributed by atoms with van der Waals surface area (Å²) in [5, 5.41) is 8.29. The number of anilines is 3. The monoisotopic (exact) mass is 615 g/mol. The first-order valence-corrected chi connectivity index (χ1v) is 14.8. The van der Waals surface area contributed by atoms with Crippen molar-refractivity contribution in [1.29, 1.82) is 0 Å². The summed E-state index contributed by atoms with van der Waals surface area (Å²) in [5.74, 6) is -0.411. The average molecular weight is 616 g/mol. The van der Waals surface area contributed by atoms with Crippen LogP contribution >= 0.6 is 0 Å². The molecule has 0 amide bonds. The van der Waals surface area contributed by atoms with Crippen molar-refractivity contribution < 1.29 is 23.0 Å². The van der Waals surface area contributed by atoms with Crippen LogP contribution in [0.3, 0.4) is 0 Å². The zero-order valence-electron chi connectivity index (χ0n) is 24.8. The largest absolute Gasteiger partial charge is 0.486 e. The first-order valence-electron chi connectivity index (χ1n) is 14.8. The number of alkyl halides is 2. The van der Waals surface area contributed by atoms with Gasteiger partial charge in [-0.25, -0.2) is 33.2 Å². The number of halogens is 2. The standard InChI is InChI=1S/C31H31F2N9O3/c1-19-9-20(3-5-23(19)45-26-10-25-35-17-38-42(25)18-37-26)39-29-27-22(34-16-36-29)4-6-24(44-21-7-8-43-11-21)28(27)41-13-30(14-41)12-31(32,33)15-40(30)2/h3-6,9-10,16-18,21H,7-8,11-15H2,1-2H3,(H,34,36,39)/t21-/m0/s1. The topological polar surface area (TPSA) is 115 Å². The maximum absolute atomic E-state index is 14.4. The molecule has 0 radical (unpaired) electrons. The molecule has 0 aliphatic carbocycles. The summed E-state index contributed by atoms with van der Waals surface area (Å²) in [6.07, 6.45) is 5.04. The third kappa shape index (κ3) is 5.03. The minimum atomic E-state index is -2.71. The number of aromatic nitrogens is 6. The number of aryl methyl sites for hydroxylation is 1. The SMILES string of the molecule is Cc1cc(Nc2ncnc3ccc(O[C@H]4CCOC4)c(N4CC5(C4)CC(F)(F)CN5C)c23)ccc1Oc1cc2ncnn2cn1. The van der Waals surface area contributed by atoms with Gasteiger partial charge in [-0.05, 0) is 49.9 Å². The van der Waals surface area contributed by atoms with Crippen LogP contribution in [0.4, 0.5) is 26.0 Å². The number of rotatable bonds is 7. The minimum Gasteiger partial charge on any atom is -0.486 e. The van der Waals surface area contributed by atoms with Gasteiger partial charge in [0.15, 0.2) is 5.65 Å². The van der Waals surface area contributed by atoms with Crippen LogP contribution in [0.2, 0.25) is 0 Å². The molecule has 1 spiro atoms. The molecule has 3 aliphatic heterocycles. The van der Waals surface area contributed by atoms with Crippen molar-refractivity contribution in [3.05, 3.63) is 60.9 Å². The van der Waals surface area contributed by atoms with Crippen molar-refractivity contribution >= 4 is 33.7 Å². The van der Waals surface area contributed by atoms with E-state index >= 15 is 0 Å². The van der Waals surface area contributed by atoms with Gasteiger partial charge in [-0.2, -0.15) is 5.10 Å². The zero-order chi connectivity index (χ0) is 30.8. The molecule has 0 bridgehead atoms. The van der Waals surface area contributed by atoms with Gasteiger partial charge < -0.3 is 24.4 Å². The van der Waals surface area contributed by atoms with E-state index in [4.69, 9.17) is 14.2 Å². The third-order valence-electron chi connectivity index (χ3n) is 8.87. The minimum absolute atomic E-state index is 0.0916. The third-order valence-corrected chi connectivity index (χ3v) is 8.87. The van der Waals surface area contributed by atoms with E-state index < -0.39 is 11.5 Å². The Hall–Kier alpha value is -4.69. The summed E-state index contributed by atoms with van der Waals surface area (Å²) in [6.45, 7) is 3.75. The van der Waals surface area contributed by atoms with Gasteiger partial charge in [-0.15, -0.1) is 0 Å². The Kier molecular flexibility index (Phi) is 6.46. The van der Waals surface area contributed by atoms with E-state index in [-0.39, 0.29) is 19.1 Å². The van der Waals surface area contributed by atoms with Crippen LogP contribution in [0.5, 0.6) is 17.4 Å². The van der Waals surface area contributed by atoms with Crippen LogP contribution in [-0.4, -0.2) is 91.9 Å². The van der Waals surface area contributed by atoms with Crippen LogP contribution in [0.25, 0.3) is 16.6 Å². The number of nitrogens with zero attached hydrogens (tertiary/aromatic N) is 8. The Bertz CT molecular complexity index is 1910. The molecular weight excluding hydrogens is 584 g/mol. The van der Waals surface area contributed by atoms with Gasteiger partial charge in [-0.1, -0.05) is 0 Å². The van der Waals surface area contributed by atoms with E-state index in [1.54, 1.807) is 28.9 Å². The highest BCUT2D eigenvalue weighted by Gasteiger charge is 2.59. The van der Waals surface area contributed by atoms with E-state index in [1.807, 2.05) is 37.3 Å². The van der Waals surface area contributed by atoms with Crippen LogP contribution in [0.1, 0.15) is 18.4 Å². The van der Waals surface area contributed by atoms with Crippen molar-refractivity contribution in [3.63, 3.8) is 0 Å². The molecule has 1 atom stereocenters. The molecule has 3 aromatic heterocycles. The number of ether oxygens (including phenoxy) is 3. The maximum Gasteiger partial charge on any atom is 0.262 e. The molecule has 232 valence electrons. The fourth-order valence-corrected chi connectivity index (χ4v) is 6.63. The highest BCUT2D eigenvalue weighted by Crippen LogP contribution is 2.50. The second-order valence-corrected chi connectivity index (χ2v) is 12.1. The number of benzene rings is 2. The summed E-state index contributed by atoms with van der Waals surface area (Å²) in [4.78, 5) is 21.6. The molecule has 5 aromatic rings. The number of hydrogen-bond donors (Lipinski definition) is 1. The van der Waals surface area contributed by atoms with Gasteiger partial charge >= 0.3 is 0 Å². The molecule has 0 unspecified atom stereocenters. The zero-order valence-corrected chi connectivity index (χ0v) is 24.8.